The molecule has 0 saturated heterocycles. The van der Waals surface area contributed by atoms with Crippen molar-refractivity contribution in [1.82, 2.24) is 9.78 Å². The first kappa shape index (κ1) is 10.9. The van der Waals surface area contributed by atoms with E-state index < -0.39 is 0 Å². The van der Waals surface area contributed by atoms with Gasteiger partial charge in [0.2, 0.25) is 0 Å². The van der Waals surface area contributed by atoms with Crippen LogP contribution in [0.15, 0.2) is 30.3 Å². The molecule has 0 bridgehead atoms. The van der Waals surface area contributed by atoms with E-state index in [1.165, 1.54) is 11.3 Å². The summed E-state index contributed by atoms with van der Waals surface area (Å²) < 4.78 is 2.04. The van der Waals surface area contributed by atoms with Gasteiger partial charge in [0.05, 0.1) is 11.4 Å². The van der Waals surface area contributed by atoms with Gasteiger partial charge in [-0.3, -0.25) is 0 Å². The molecular formula is C14H18N2. The average Bonchev–Trinajstić information content (AvgIpc) is 2.61. The lowest BCUT2D eigenvalue weighted by atomic mass is 10.1. The van der Waals surface area contributed by atoms with Crippen LogP contribution in [0.1, 0.15) is 36.7 Å². The molecule has 2 aromatic rings. The van der Waals surface area contributed by atoms with Crippen LogP contribution in [0, 0.1) is 13.8 Å². The van der Waals surface area contributed by atoms with Gasteiger partial charge < -0.3 is 0 Å². The maximum Gasteiger partial charge on any atom is 0.0649 e. The van der Waals surface area contributed by atoms with Crippen molar-refractivity contribution in [3.8, 4) is 5.69 Å². The van der Waals surface area contributed by atoms with E-state index in [-0.39, 0.29) is 0 Å². The molecule has 1 aromatic heterocycles. The Balaban J connectivity index is 2.50. The van der Waals surface area contributed by atoms with Gasteiger partial charge in [0.15, 0.2) is 0 Å². The molecule has 0 fully saturated rings. The van der Waals surface area contributed by atoms with Crippen LogP contribution < -0.4 is 0 Å². The lowest BCUT2D eigenvalue weighted by Gasteiger charge is -2.10. The molecule has 0 N–H and O–H groups in total. The van der Waals surface area contributed by atoms with Crippen molar-refractivity contribution in [1.29, 1.82) is 0 Å². The van der Waals surface area contributed by atoms with E-state index in [9.17, 15) is 0 Å². The minimum atomic E-state index is 0.488. The van der Waals surface area contributed by atoms with Gasteiger partial charge in [-0.15, -0.1) is 0 Å². The Morgan fingerprint density at radius 3 is 2.25 bits per heavy atom. The largest absolute Gasteiger partial charge is 0.237 e. The Hall–Kier alpha value is -1.57. The first-order valence-electron chi connectivity index (χ1n) is 5.71. The molecule has 2 rings (SSSR count). The molecule has 0 spiro atoms. The van der Waals surface area contributed by atoms with Gasteiger partial charge in [-0.05, 0) is 38.0 Å². The first-order chi connectivity index (χ1) is 7.58. The summed E-state index contributed by atoms with van der Waals surface area (Å²) in [7, 11) is 0. The van der Waals surface area contributed by atoms with Crippen LogP contribution in [0.2, 0.25) is 0 Å². The van der Waals surface area contributed by atoms with Gasteiger partial charge in [-0.1, -0.05) is 31.5 Å². The number of hydrogen-bond acceptors (Lipinski definition) is 1. The molecule has 0 unspecified atom stereocenters. The molecular weight excluding hydrogens is 196 g/mol. The second kappa shape index (κ2) is 4.12. The Morgan fingerprint density at radius 1 is 1.06 bits per heavy atom. The highest BCUT2D eigenvalue weighted by Gasteiger charge is 2.10. The summed E-state index contributed by atoms with van der Waals surface area (Å²) >= 11 is 0. The van der Waals surface area contributed by atoms with Crippen LogP contribution in [-0.4, -0.2) is 9.78 Å². The minimum Gasteiger partial charge on any atom is -0.237 e. The van der Waals surface area contributed by atoms with Crippen LogP contribution in [-0.2, 0) is 0 Å². The molecule has 0 saturated carbocycles. The van der Waals surface area contributed by atoms with E-state index in [4.69, 9.17) is 0 Å². The number of aromatic nitrogens is 2. The Kier molecular flexibility index (Phi) is 2.82. The van der Waals surface area contributed by atoms with Crippen molar-refractivity contribution in [3.63, 3.8) is 0 Å². The topological polar surface area (TPSA) is 17.8 Å². The Bertz CT molecular complexity index is 478. The van der Waals surface area contributed by atoms with Crippen molar-refractivity contribution in [2.24, 2.45) is 0 Å². The van der Waals surface area contributed by atoms with Gasteiger partial charge in [-0.25, -0.2) is 4.68 Å². The van der Waals surface area contributed by atoms with Gasteiger partial charge in [0, 0.05) is 5.69 Å². The van der Waals surface area contributed by atoms with E-state index in [2.05, 4.69) is 56.2 Å². The zero-order chi connectivity index (χ0) is 11.7. The molecule has 1 aromatic carbocycles. The minimum absolute atomic E-state index is 0.488. The third-order valence-corrected chi connectivity index (χ3v) is 2.73. The summed E-state index contributed by atoms with van der Waals surface area (Å²) in [5, 5.41) is 4.55. The third kappa shape index (κ3) is 2.01. The van der Waals surface area contributed by atoms with Crippen LogP contribution in [0.3, 0.4) is 0 Å². The maximum atomic E-state index is 4.55. The SMILES string of the molecule is Cc1ccc(-n2nc(C)cc2C(C)C)cc1. The predicted octanol–water partition coefficient (Wildman–Crippen LogP) is 3.61. The van der Waals surface area contributed by atoms with Crippen molar-refractivity contribution < 1.29 is 0 Å². The maximum absolute atomic E-state index is 4.55. The molecule has 2 nitrogen and oxygen atoms in total. The van der Waals surface area contributed by atoms with Crippen molar-refractivity contribution in [2.45, 2.75) is 33.6 Å². The van der Waals surface area contributed by atoms with Gasteiger partial charge in [0.1, 0.15) is 0 Å². The summed E-state index contributed by atoms with van der Waals surface area (Å²) in [4.78, 5) is 0. The molecule has 0 aliphatic heterocycles. The molecule has 0 amide bonds. The summed E-state index contributed by atoms with van der Waals surface area (Å²) in [5.74, 6) is 0.488. The first-order valence-corrected chi connectivity index (χ1v) is 5.71. The van der Waals surface area contributed by atoms with Gasteiger partial charge in [0.25, 0.3) is 0 Å². The summed E-state index contributed by atoms with van der Waals surface area (Å²) in [5.41, 5.74) is 4.76. The predicted molar refractivity (Wildman–Crippen MR) is 67.1 cm³/mol. The average molecular weight is 214 g/mol. The molecule has 84 valence electrons. The van der Waals surface area contributed by atoms with Crippen molar-refractivity contribution in [3.05, 3.63) is 47.3 Å². The van der Waals surface area contributed by atoms with E-state index in [1.807, 2.05) is 11.6 Å². The third-order valence-electron chi connectivity index (χ3n) is 2.73. The van der Waals surface area contributed by atoms with Gasteiger partial charge in [-0.2, -0.15) is 5.10 Å². The van der Waals surface area contributed by atoms with Gasteiger partial charge >= 0.3 is 0 Å². The second-order valence-electron chi connectivity index (χ2n) is 4.61. The lowest BCUT2D eigenvalue weighted by Crippen LogP contribution is -2.03. The smallest absolute Gasteiger partial charge is 0.0649 e. The summed E-state index contributed by atoms with van der Waals surface area (Å²) in [6, 6.07) is 10.6. The zero-order valence-corrected chi connectivity index (χ0v) is 10.4. The molecule has 16 heavy (non-hydrogen) atoms. The molecule has 0 radical (unpaired) electrons. The fourth-order valence-electron chi connectivity index (χ4n) is 1.82. The summed E-state index contributed by atoms with van der Waals surface area (Å²) in [6.45, 7) is 8.53. The van der Waals surface area contributed by atoms with Crippen LogP contribution in [0.5, 0.6) is 0 Å². The monoisotopic (exact) mass is 214 g/mol. The van der Waals surface area contributed by atoms with E-state index >= 15 is 0 Å². The molecule has 0 aliphatic rings. The number of aryl methyl sites for hydroxylation is 2. The highest BCUT2D eigenvalue weighted by molar-refractivity contribution is 5.36. The fraction of sp³-hybridized carbons (Fsp3) is 0.357. The second-order valence-corrected chi connectivity index (χ2v) is 4.61. The zero-order valence-electron chi connectivity index (χ0n) is 10.4. The van der Waals surface area contributed by atoms with Crippen molar-refractivity contribution in [2.75, 3.05) is 0 Å². The quantitative estimate of drug-likeness (QED) is 0.746. The number of rotatable bonds is 2. The number of benzene rings is 1. The van der Waals surface area contributed by atoms with Crippen LogP contribution >= 0.6 is 0 Å². The molecule has 0 aliphatic carbocycles. The lowest BCUT2D eigenvalue weighted by molar-refractivity contribution is 0.731. The number of hydrogen-bond donors (Lipinski definition) is 0. The van der Waals surface area contributed by atoms with E-state index in [1.54, 1.807) is 0 Å². The standard InChI is InChI=1S/C14H18N2/c1-10(2)14-9-12(4)15-16(14)13-7-5-11(3)6-8-13/h5-10H,1-4H3. The van der Waals surface area contributed by atoms with Crippen molar-refractivity contribution >= 4 is 0 Å². The normalized spacial score (nSPS) is 11.1. The van der Waals surface area contributed by atoms with E-state index in [0.29, 0.717) is 5.92 Å². The van der Waals surface area contributed by atoms with Crippen LogP contribution in [0.25, 0.3) is 5.69 Å². The molecule has 2 heteroatoms. The Morgan fingerprint density at radius 2 is 1.69 bits per heavy atom. The van der Waals surface area contributed by atoms with Crippen LogP contribution in [0.4, 0.5) is 0 Å². The Labute approximate surface area is 96.9 Å². The highest BCUT2D eigenvalue weighted by Crippen LogP contribution is 2.20. The molecule has 1 heterocycles. The number of nitrogens with zero attached hydrogens (tertiary/aromatic N) is 2. The summed E-state index contributed by atoms with van der Waals surface area (Å²) in [6.07, 6.45) is 0. The highest BCUT2D eigenvalue weighted by atomic mass is 15.3. The van der Waals surface area contributed by atoms with E-state index in [0.717, 1.165) is 11.4 Å². The molecule has 0 atom stereocenters. The fourth-order valence-corrected chi connectivity index (χ4v) is 1.82.